The number of benzene rings is 1. The number of imide groups is 1. The van der Waals surface area contributed by atoms with Gasteiger partial charge in [0.05, 0.1) is 18.2 Å². The minimum atomic E-state index is -0.316. The Morgan fingerprint density at radius 3 is 2.35 bits per heavy atom. The molecule has 0 spiro atoms. The predicted octanol–water partition coefficient (Wildman–Crippen LogP) is 3.82. The maximum atomic E-state index is 12.9. The van der Waals surface area contributed by atoms with E-state index in [1.165, 1.54) is 11.3 Å². The first-order chi connectivity index (χ1) is 10.9. The second-order valence-electron chi connectivity index (χ2n) is 6.78. The number of amides is 2. The number of rotatable bonds is 2. The molecule has 0 saturated carbocycles. The van der Waals surface area contributed by atoms with Gasteiger partial charge in [-0.2, -0.15) is 0 Å². The molecule has 3 unspecified atom stereocenters. The molecule has 124 valence electrons. The molecule has 1 aromatic rings. The first-order valence-electron chi connectivity index (χ1n) is 7.92. The molecular formula is C17H20Br2N2O2. The number of likely N-dealkylation sites (tertiary alicyclic amines) is 1. The Morgan fingerprint density at radius 2 is 1.74 bits per heavy atom. The van der Waals surface area contributed by atoms with Crippen LogP contribution in [0, 0.1) is 11.8 Å². The largest absolute Gasteiger partial charge is 0.291 e. The number of carbonyl (C=O) groups excluding carboxylic acids is 2. The minimum absolute atomic E-state index is 0.0978. The zero-order valence-corrected chi connectivity index (χ0v) is 16.4. The Morgan fingerprint density at radius 1 is 1.09 bits per heavy atom. The molecule has 0 radical (unpaired) electrons. The molecule has 2 aliphatic rings. The summed E-state index contributed by atoms with van der Waals surface area (Å²) in [6.45, 7) is 6.22. The van der Waals surface area contributed by atoms with Gasteiger partial charge in [-0.3, -0.25) is 14.5 Å². The van der Waals surface area contributed by atoms with E-state index in [1.807, 2.05) is 12.1 Å². The van der Waals surface area contributed by atoms with Crippen molar-refractivity contribution in [2.24, 2.45) is 11.8 Å². The summed E-state index contributed by atoms with van der Waals surface area (Å²) in [6, 6.07) is 5.18. The van der Waals surface area contributed by atoms with Gasteiger partial charge in [0.15, 0.2) is 0 Å². The molecule has 2 fully saturated rings. The number of hydrogen-bond donors (Lipinski definition) is 0. The Labute approximate surface area is 153 Å². The van der Waals surface area contributed by atoms with Crippen molar-refractivity contribution < 1.29 is 9.59 Å². The van der Waals surface area contributed by atoms with Gasteiger partial charge < -0.3 is 0 Å². The molecule has 3 rings (SSSR count). The quantitative estimate of drug-likeness (QED) is 0.652. The normalized spacial score (nSPS) is 29.4. The van der Waals surface area contributed by atoms with Gasteiger partial charge in [-0.05, 0) is 52.4 Å². The number of hydrogen-bond acceptors (Lipinski definition) is 3. The van der Waals surface area contributed by atoms with Crippen molar-refractivity contribution in [2.75, 3.05) is 18.0 Å². The monoisotopic (exact) mass is 442 g/mol. The summed E-state index contributed by atoms with van der Waals surface area (Å²) in [7, 11) is 0. The van der Waals surface area contributed by atoms with Crippen molar-refractivity contribution in [1.29, 1.82) is 0 Å². The van der Waals surface area contributed by atoms with Crippen molar-refractivity contribution in [1.82, 2.24) is 4.90 Å². The number of halogens is 2. The van der Waals surface area contributed by atoms with E-state index in [0.717, 1.165) is 22.0 Å². The van der Waals surface area contributed by atoms with E-state index in [-0.39, 0.29) is 24.3 Å². The lowest BCUT2D eigenvalue weighted by molar-refractivity contribution is -0.123. The van der Waals surface area contributed by atoms with E-state index < -0.39 is 0 Å². The van der Waals surface area contributed by atoms with Crippen molar-refractivity contribution in [3.05, 3.63) is 27.1 Å². The Kier molecular flexibility index (Phi) is 4.95. The average molecular weight is 444 g/mol. The molecular weight excluding hydrogens is 424 g/mol. The van der Waals surface area contributed by atoms with Crippen LogP contribution in [0.25, 0.3) is 0 Å². The van der Waals surface area contributed by atoms with Crippen LogP contribution in [0.5, 0.6) is 0 Å². The van der Waals surface area contributed by atoms with Crippen molar-refractivity contribution in [3.63, 3.8) is 0 Å². The SMILES string of the molecule is CC1CC(C)CN(C2CC(=O)N(c3ccc(Br)cc3Br)C2=O)C1. The summed E-state index contributed by atoms with van der Waals surface area (Å²) in [5.74, 6) is 0.915. The molecule has 6 heteroatoms. The molecule has 4 nitrogen and oxygen atoms in total. The molecule has 2 heterocycles. The topological polar surface area (TPSA) is 40.6 Å². The zero-order chi connectivity index (χ0) is 16.7. The fraction of sp³-hybridized carbons (Fsp3) is 0.529. The first-order valence-corrected chi connectivity index (χ1v) is 9.51. The van der Waals surface area contributed by atoms with Gasteiger partial charge in [-0.1, -0.05) is 29.8 Å². The second kappa shape index (κ2) is 6.65. The molecule has 3 atom stereocenters. The van der Waals surface area contributed by atoms with E-state index in [9.17, 15) is 9.59 Å². The number of anilines is 1. The highest BCUT2D eigenvalue weighted by Gasteiger charge is 2.44. The summed E-state index contributed by atoms with van der Waals surface area (Å²) in [5.41, 5.74) is 0.629. The Hall–Kier alpha value is -0.720. The standard InChI is InChI=1S/C17H20Br2N2O2/c1-10-5-11(2)9-20(8-10)15-7-16(22)21(17(15)23)14-4-3-12(18)6-13(14)19/h3-4,6,10-11,15H,5,7-9H2,1-2H3. The number of carbonyl (C=O) groups is 2. The van der Waals surface area contributed by atoms with E-state index in [1.54, 1.807) is 6.07 Å². The summed E-state index contributed by atoms with van der Waals surface area (Å²) in [6.07, 6.45) is 1.47. The van der Waals surface area contributed by atoms with Gasteiger partial charge in [0.1, 0.15) is 0 Å². The van der Waals surface area contributed by atoms with E-state index >= 15 is 0 Å². The highest BCUT2D eigenvalue weighted by atomic mass is 79.9. The molecule has 1 aromatic carbocycles. The van der Waals surface area contributed by atoms with Gasteiger partial charge >= 0.3 is 0 Å². The molecule has 2 amide bonds. The molecule has 0 aromatic heterocycles. The fourth-order valence-corrected chi connectivity index (χ4v) is 5.01. The predicted molar refractivity (Wildman–Crippen MR) is 97.3 cm³/mol. The Balaban J connectivity index is 1.85. The summed E-state index contributed by atoms with van der Waals surface area (Å²) < 4.78 is 1.65. The van der Waals surface area contributed by atoms with Gasteiger partial charge in [0.25, 0.3) is 5.91 Å². The molecule has 0 N–H and O–H groups in total. The third-order valence-corrected chi connectivity index (χ3v) is 5.74. The van der Waals surface area contributed by atoms with Crippen LogP contribution in [-0.2, 0) is 9.59 Å². The number of piperidine rings is 1. The van der Waals surface area contributed by atoms with Crippen LogP contribution in [0.15, 0.2) is 27.1 Å². The van der Waals surface area contributed by atoms with Crippen molar-refractivity contribution >= 4 is 49.4 Å². The molecule has 2 aliphatic heterocycles. The lowest BCUT2D eigenvalue weighted by atomic mass is 9.90. The average Bonchev–Trinajstić information content (AvgIpc) is 2.74. The van der Waals surface area contributed by atoms with Crippen LogP contribution >= 0.6 is 31.9 Å². The fourth-order valence-electron chi connectivity index (χ4n) is 3.78. The second-order valence-corrected chi connectivity index (χ2v) is 8.55. The summed E-state index contributed by atoms with van der Waals surface area (Å²) >= 11 is 6.85. The lowest BCUT2D eigenvalue weighted by Gasteiger charge is -2.37. The van der Waals surface area contributed by atoms with Gasteiger partial charge in [0.2, 0.25) is 5.91 Å². The molecule has 23 heavy (non-hydrogen) atoms. The van der Waals surface area contributed by atoms with Crippen molar-refractivity contribution in [3.8, 4) is 0 Å². The zero-order valence-electron chi connectivity index (χ0n) is 13.3. The molecule has 0 aliphatic carbocycles. The van der Waals surface area contributed by atoms with Gasteiger partial charge in [-0.15, -0.1) is 0 Å². The summed E-state index contributed by atoms with van der Waals surface area (Å²) in [5, 5.41) is 0. The number of nitrogens with zero attached hydrogens (tertiary/aromatic N) is 2. The van der Waals surface area contributed by atoms with Gasteiger partial charge in [-0.25, -0.2) is 4.90 Å². The van der Waals surface area contributed by atoms with Crippen LogP contribution in [0.1, 0.15) is 26.7 Å². The minimum Gasteiger partial charge on any atom is -0.291 e. The van der Waals surface area contributed by atoms with Gasteiger partial charge in [0, 0.05) is 22.0 Å². The van der Waals surface area contributed by atoms with E-state index in [4.69, 9.17) is 0 Å². The van der Waals surface area contributed by atoms with E-state index in [0.29, 0.717) is 17.5 Å². The first kappa shape index (κ1) is 17.1. The molecule has 2 saturated heterocycles. The van der Waals surface area contributed by atoms with Crippen LogP contribution in [0.2, 0.25) is 0 Å². The van der Waals surface area contributed by atoms with Crippen LogP contribution in [0.3, 0.4) is 0 Å². The van der Waals surface area contributed by atoms with Crippen LogP contribution in [-0.4, -0.2) is 35.8 Å². The highest BCUT2D eigenvalue weighted by Crippen LogP contribution is 2.35. The lowest BCUT2D eigenvalue weighted by Crippen LogP contribution is -2.48. The van der Waals surface area contributed by atoms with Crippen molar-refractivity contribution in [2.45, 2.75) is 32.7 Å². The third-order valence-electron chi connectivity index (χ3n) is 4.61. The molecule has 0 bridgehead atoms. The highest BCUT2D eigenvalue weighted by molar-refractivity contribution is 9.11. The summed E-state index contributed by atoms with van der Waals surface area (Å²) in [4.78, 5) is 28.9. The Bertz CT molecular complexity index is 639. The maximum absolute atomic E-state index is 12.9. The van der Waals surface area contributed by atoms with Crippen LogP contribution in [0.4, 0.5) is 5.69 Å². The third kappa shape index (κ3) is 3.39. The van der Waals surface area contributed by atoms with E-state index in [2.05, 4.69) is 50.6 Å². The maximum Gasteiger partial charge on any atom is 0.251 e. The van der Waals surface area contributed by atoms with Crippen LogP contribution < -0.4 is 4.90 Å². The smallest absolute Gasteiger partial charge is 0.251 e.